The maximum atomic E-state index is 13.9. The van der Waals surface area contributed by atoms with E-state index in [-0.39, 0.29) is 40.1 Å². The number of imidazole rings is 1. The largest absolute Gasteiger partial charge is 0.495 e. The average Bonchev–Trinajstić information content (AvgIpc) is 3.23. The predicted molar refractivity (Wildman–Crippen MR) is 137 cm³/mol. The molecular formula is C25H27N3O6S2. The summed E-state index contributed by atoms with van der Waals surface area (Å²) in [7, 11) is -5.24. The van der Waals surface area contributed by atoms with Crippen LogP contribution in [0.2, 0.25) is 0 Å². The van der Waals surface area contributed by atoms with E-state index in [4.69, 9.17) is 9.47 Å². The number of ether oxygens (including phenoxy) is 2. The van der Waals surface area contributed by atoms with Gasteiger partial charge >= 0.3 is 0 Å². The van der Waals surface area contributed by atoms with Crippen LogP contribution >= 0.6 is 0 Å². The second kappa shape index (κ2) is 9.92. The summed E-state index contributed by atoms with van der Waals surface area (Å²) >= 11 is 0. The first kappa shape index (κ1) is 25.7. The number of sulfonamides is 1. The lowest BCUT2D eigenvalue weighted by molar-refractivity contribution is 0.402. The zero-order valence-electron chi connectivity index (χ0n) is 20.3. The predicted octanol–water partition coefficient (Wildman–Crippen LogP) is 3.43. The fourth-order valence-electron chi connectivity index (χ4n) is 3.93. The molecule has 0 radical (unpaired) electrons. The molecule has 4 aromatic rings. The van der Waals surface area contributed by atoms with E-state index in [1.165, 1.54) is 20.3 Å². The Labute approximate surface area is 210 Å². The number of hydrogen-bond acceptors (Lipinski definition) is 7. The summed E-state index contributed by atoms with van der Waals surface area (Å²) < 4.78 is 67.9. The molecule has 1 aromatic heterocycles. The molecule has 0 saturated carbocycles. The van der Waals surface area contributed by atoms with E-state index in [1.54, 1.807) is 68.4 Å². The van der Waals surface area contributed by atoms with Gasteiger partial charge in [0.25, 0.3) is 10.0 Å². The Bertz CT molecular complexity index is 1640. The Balaban J connectivity index is 1.72. The molecule has 1 heterocycles. The Morgan fingerprint density at radius 3 is 2.06 bits per heavy atom. The minimum absolute atomic E-state index is 0.000481. The SMILES string of the molecule is COc1ccc(C)cc1S(=O)(=O)NCCc1nc2ccccc2n1S(=O)(=O)c1cc(C)ccc1OC. The minimum atomic E-state index is -4.12. The number of nitrogens with zero attached hydrogens (tertiary/aromatic N) is 2. The van der Waals surface area contributed by atoms with Crippen molar-refractivity contribution in [1.82, 2.24) is 13.7 Å². The van der Waals surface area contributed by atoms with Gasteiger partial charge < -0.3 is 9.47 Å². The van der Waals surface area contributed by atoms with E-state index < -0.39 is 20.0 Å². The van der Waals surface area contributed by atoms with Crippen LogP contribution in [0.1, 0.15) is 17.0 Å². The van der Waals surface area contributed by atoms with E-state index in [1.807, 2.05) is 0 Å². The summed E-state index contributed by atoms with van der Waals surface area (Å²) in [4.78, 5) is 4.52. The maximum absolute atomic E-state index is 13.9. The molecular weight excluding hydrogens is 502 g/mol. The van der Waals surface area contributed by atoms with Gasteiger partial charge in [0.15, 0.2) is 0 Å². The van der Waals surface area contributed by atoms with E-state index >= 15 is 0 Å². The first-order valence-electron chi connectivity index (χ1n) is 11.1. The quantitative estimate of drug-likeness (QED) is 0.353. The highest BCUT2D eigenvalue weighted by atomic mass is 32.2. The standard InChI is InChI=1S/C25H27N3O6S2/c1-17-9-11-21(33-3)23(15-17)35(29,30)26-14-13-25-27-19-7-5-6-8-20(19)28(25)36(31,32)24-16-18(2)10-12-22(24)34-4/h5-12,15-16,26H,13-14H2,1-4H3. The number of benzene rings is 3. The number of fused-ring (bicyclic) bond motifs is 1. The molecule has 1 N–H and O–H groups in total. The Kier molecular flexibility index (Phi) is 7.07. The van der Waals surface area contributed by atoms with Gasteiger partial charge in [-0.05, 0) is 61.4 Å². The molecule has 0 aliphatic carbocycles. The van der Waals surface area contributed by atoms with Crippen LogP contribution in [0.25, 0.3) is 11.0 Å². The molecule has 0 unspecified atom stereocenters. The second-order valence-electron chi connectivity index (χ2n) is 8.24. The first-order chi connectivity index (χ1) is 17.1. The smallest absolute Gasteiger partial charge is 0.273 e. The number of methoxy groups -OCH3 is 2. The van der Waals surface area contributed by atoms with Crippen LogP contribution in [0.15, 0.2) is 70.5 Å². The lowest BCUT2D eigenvalue weighted by atomic mass is 10.2. The molecule has 0 aliphatic heterocycles. The van der Waals surface area contributed by atoms with E-state index in [0.717, 1.165) is 15.1 Å². The summed E-state index contributed by atoms with van der Waals surface area (Å²) in [5.74, 6) is 0.615. The third-order valence-electron chi connectivity index (χ3n) is 5.67. The van der Waals surface area contributed by atoms with Crippen LogP contribution in [0.4, 0.5) is 0 Å². The molecule has 0 atom stereocenters. The third-order valence-corrected chi connectivity index (χ3v) is 8.92. The molecule has 0 aliphatic rings. The van der Waals surface area contributed by atoms with Gasteiger partial charge in [-0.25, -0.2) is 30.5 Å². The number of hydrogen-bond donors (Lipinski definition) is 1. The molecule has 4 rings (SSSR count). The van der Waals surface area contributed by atoms with Crippen molar-refractivity contribution in [2.45, 2.75) is 30.1 Å². The summed E-state index contributed by atoms with van der Waals surface area (Å²) in [6.45, 7) is 3.49. The number of para-hydroxylation sites is 2. The van der Waals surface area contributed by atoms with Crippen molar-refractivity contribution in [3.63, 3.8) is 0 Å². The lowest BCUT2D eigenvalue weighted by Gasteiger charge is -2.15. The number of aromatic nitrogens is 2. The monoisotopic (exact) mass is 529 g/mol. The zero-order valence-corrected chi connectivity index (χ0v) is 22.0. The van der Waals surface area contributed by atoms with E-state index in [0.29, 0.717) is 11.0 Å². The molecule has 11 heteroatoms. The molecule has 190 valence electrons. The molecule has 0 bridgehead atoms. The van der Waals surface area contributed by atoms with Crippen molar-refractivity contribution in [1.29, 1.82) is 0 Å². The number of rotatable bonds is 9. The highest BCUT2D eigenvalue weighted by Gasteiger charge is 2.28. The van der Waals surface area contributed by atoms with Crippen molar-refractivity contribution < 1.29 is 26.3 Å². The van der Waals surface area contributed by atoms with Gasteiger partial charge in [-0.15, -0.1) is 0 Å². The van der Waals surface area contributed by atoms with Crippen LogP contribution in [0, 0.1) is 13.8 Å². The number of nitrogens with one attached hydrogen (secondary N) is 1. The topological polar surface area (TPSA) is 117 Å². The van der Waals surface area contributed by atoms with Crippen molar-refractivity contribution in [2.75, 3.05) is 20.8 Å². The highest BCUT2D eigenvalue weighted by Crippen LogP contribution is 2.30. The molecule has 0 spiro atoms. The van der Waals surface area contributed by atoms with Crippen LogP contribution in [0.5, 0.6) is 11.5 Å². The van der Waals surface area contributed by atoms with Crippen LogP contribution < -0.4 is 14.2 Å². The zero-order chi connectivity index (χ0) is 26.1. The van der Waals surface area contributed by atoms with Crippen molar-refractivity contribution >= 4 is 31.1 Å². The minimum Gasteiger partial charge on any atom is -0.495 e. The van der Waals surface area contributed by atoms with Gasteiger partial charge in [0, 0.05) is 13.0 Å². The van der Waals surface area contributed by atoms with Crippen LogP contribution in [-0.2, 0) is 26.5 Å². The van der Waals surface area contributed by atoms with Gasteiger partial charge in [-0.1, -0.05) is 24.3 Å². The highest BCUT2D eigenvalue weighted by molar-refractivity contribution is 7.90. The fourth-order valence-corrected chi connectivity index (χ4v) is 6.98. The summed E-state index contributed by atoms with van der Waals surface area (Å²) in [5, 5.41) is 0. The van der Waals surface area contributed by atoms with Crippen molar-refractivity contribution in [2.24, 2.45) is 0 Å². The third kappa shape index (κ3) is 4.81. The number of aryl methyl sites for hydroxylation is 2. The van der Waals surface area contributed by atoms with Crippen LogP contribution in [0.3, 0.4) is 0 Å². The molecule has 0 saturated heterocycles. The maximum Gasteiger partial charge on any atom is 0.273 e. The van der Waals surface area contributed by atoms with E-state index in [2.05, 4.69) is 9.71 Å². The summed E-state index contributed by atoms with van der Waals surface area (Å²) in [5.41, 5.74) is 2.38. The lowest BCUT2D eigenvalue weighted by Crippen LogP contribution is -2.28. The van der Waals surface area contributed by atoms with Gasteiger partial charge in [0.2, 0.25) is 10.0 Å². The first-order valence-corrected chi connectivity index (χ1v) is 14.0. The Morgan fingerprint density at radius 1 is 0.833 bits per heavy atom. The Morgan fingerprint density at radius 2 is 1.42 bits per heavy atom. The van der Waals surface area contributed by atoms with Gasteiger partial charge in [-0.2, -0.15) is 0 Å². The second-order valence-corrected chi connectivity index (χ2v) is 11.7. The average molecular weight is 530 g/mol. The van der Waals surface area contributed by atoms with Crippen molar-refractivity contribution in [3.05, 3.63) is 77.6 Å². The molecule has 36 heavy (non-hydrogen) atoms. The molecule has 0 fully saturated rings. The molecule has 0 amide bonds. The van der Waals surface area contributed by atoms with Gasteiger partial charge in [0.1, 0.15) is 27.1 Å². The summed E-state index contributed by atoms with van der Waals surface area (Å²) in [6, 6.07) is 16.6. The van der Waals surface area contributed by atoms with Crippen molar-refractivity contribution in [3.8, 4) is 11.5 Å². The normalized spacial score (nSPS) is 12.1. The van der Waals surface area contributed by atoms with Crippen LogP contribution in [-0.4, -0.2) is 46.6 Å². The van der Waals surface area contributed by atoms with Gasteiger partial charge in [-0.3, -0.25) is 0 Å². The molecule has 9 nitrogen and oxygen atoms in total. The van der Waals surface area contributed by atoms with Gasteiger partial charge in [0.05, 0.1) is 25.3 Å². The summed E-state index contributed by atoms with van der Waals surface area (Å²) in [6.07, 6.45) is 0.0232. The Hall–Kier alpha value is -3.41. The van der Waals surface area contributed by atoms with E-state index in [9.17, 15) is 16.8 Å². The fraction of sp³-hybridized carbons (Fsp3) is 0.240. The molecule has 3 aromatic carbocycles.